The van der Waals surface area contributed by atoms with Crippen molar-refractivity contribution in [3.8, 4) is 0 Å². The molecule has 1 heterocycles. The Morgan fingerprint density at radius 2 is 1.85 bits per heavy atom. The molecule has 1 spiro atoms. The van der Waals surface area contributed by atoms with E-state index in [0.717, 1.165) is 6.54 Å². The van der Waals surface area contributed by atoms with Crippen LogP contribution in [-0.4, -0.2) is 12.1 Å². The van der Waals surface area contributed by atoms with Gasteiger partial charge in [-0.05, 0) is 63.3 Å². The van der Waals surface area contributed by atoms with Gasteiger partial charge in [0.1, 0.15) is 0 Å². The Bertz CT molecular complexity index is 426. The number of hydrogen-bond donors (Lipinski definition) is 1. The van der Waals surface area contributed by atoms with Crippen LogP contribution in [0.5, 0.6) is 0 Å². The molecule has 0 atom stereocenters. The molecule has 0 saturated heterocycles. The minimum absolute atomic E-state index is 0.222. The normalized spacial score (nSPS) is 24.6. The van der Waals surface area contributed by atoms with E-state index in [4.69, 9.17) is 0 Å². The van der Waals surface area contributed by atoms with Gasteiger partial charge in [-0.3, -0.25) is 0 Å². The molecular formula is C18H29NS. The summed E-state index contributed by atoms with van der Waals surface area (Å²) in [5.74, 6) is 0. The number of hydrogen-bond acceptors (Lipinski definition) is 2. The number of nitrogens with one attached hydrogen (secondary N) is 1. The molecule has 2 aliphatic rings. The molecule has 2 saturated carbocycles. The minimum Gasteiger partial charge on any atom is -0.311 e. The summed E-state index contributed by atoms with van der Waals surface area (Å²) in [6.07, 6.45) is 10.2. The van der Waals surface area contributed by atoms with Crippen LogP contribution in [0.25, 0.3) is 0 Å². The minimum atomic E-state index is 0.222. The Balaban J connectivity index is 1.74. The largest absolute Gasteiger partial charge is 0.311 e. The van der Waals surface area contributed by atoms with Gasteiger partial charge in [-0.25, -0.2) is 0 Å². The third kappa shape index (κ3) is 2.82. The van der Waals surface area contributed by atoms with E-state index < -0.39 is 0 Å². The maximum Gasteiger partial charge on any atom is 0.0182 e. The van der Waals surface area contributed by atoms with Crippen molar-refractivity contribution in [1.82, 2.24) is 5.32 Å². The summed E-state index contributed by atoms with van der Waals surface area (Å²) < 4.78 is 0. The summed E-state index contributed by atoms with van der Waals surface area (Å²) in [6.45, 7) is 8.00. The van der Waals surface area contributed by atoms with Crippen molar-refractivity contribution < 1.29 is 0 Å². The topological polar surface area (TPSA) is 12.0 Å². The molecule has 3 rings (SSSR count). The van der Waals surface area contributed by atoms with Crippen LogP contribution in [0.2, 0.25) is 0 Å². The summed E-state index contributed by atoms with van der Waals surface area (Å²) in [4.78, 5) is 1.62. The summed E-state index contributed by atoms with van der Waals surface area (Å²) >= 11 is 1.96. The summed E-state index contributed by atoms with van der Waals surface area (Å²) in [5.41, 5.74) is 1.35. The molecule has 1 N–H and O–H groups in total. The van der Waals surface area contributed by atoms with Crippen LogP contribution in [0.15, 0.2) is 17.5 Å². The first-order chi connectivity index (χ1) is 9.43. The molecule has 2 heteroatoms. The quantitative estimate of drug-likeness (QED) is 0.815. The SMILES string of the molecule is CC(C)(C)NCC1(c2cccs2)CC2(CCCCC2)C1. The average molecular weight is 292 g/mol. The zero-order valence-corrected chi connectivity index (χ0v) is 14.1. The third-order valence-corrected chi connectivity index (χ3v) is 6.46. The first-order valence-corrected chi connectivity index (χ1v) is 9.10. The predicted octanol–water partition coefficient (Wildman–Crippen LogP) is 5.12. The zero-order chi connectivity index (χ0) is 14.3. The molecule has 0 bridgehead atoms. The lowest BCUT2D eigenvalue weighted by molar-refractivity contribution is -0.0135. The zero-order valence-electron chi connectivity index (χ0n) is 13.3. The Kier molecular flexibility index (Phi) is 3.75. The average Bonchev–Trinajstić information content (AvgIpc) is 2.88. The van der Waals surface area contributed by atoms with Crippen LogP contribution >= 0.6 is 11.3 Å². The van der Waals surface area contributed by atoms with E-state index >= 15 is 0 Å². The van der Waals surface area contributed by atoms with Gasteiger partial charge in [0.15, 0.2) is 0 Å². The van der Waals surface area contributed by atoms with E-state index in [2.05, 4.69) is 43.6 Å². The summed E-state index contributed by atoms with van der Waals surface area (Å²) in [5, 5.41) is 6.03. The molecule has 0 radical (unpaired) electrons. The van der Waals surface area contributed by atoms with Gasteiger partial charge in [0.05, 0.1) is 0 Å². The van der Waals surface area contributed by atoms with E-state index in [0.29, 0.717) is 10.8 Å². The second kappa shape index (κ2) is 5.14. The maximum atomic E-state index is 3.78. The van der Waals surface area contributed by atoms with E-state index in [9.17, 15) is 0 Å². The van der Waals surface area contributed by atoms with Gasteiger partial charge in [0.25, 0.3) is 0 Å². The Morgan fingerprint density at radius 3 is 2.40 bits per heavy atom. The first kappa shape index (κ1) is 14.6. The molecule has 112 valence electrons. The van der Waals surface area contributed by atoms with Crippen molar-refractivity contribution in [2.75, 3.05) is 6.54 Å². The molecule has 0 aliphatic heterocycles. The predicted molar refractivity (Wildman–Crippen MR) is 88.5 cm³/mol. The van der Waals surface area contributed by atoms with Gasteiger partial charge in [0, 0.05) is 22.4 Å². The molecule has 20 heavy (non-hydrogen) atoms. The van der Waals surface area contributed by atoms with Gasteiger partial charge in [-0.1, -0.05) is 25.3 Å². The second-order valence-electron chi connectivity index (χ2n) is 8.28. The molecule has 2 aliphatic carbocycles. The van der Waals surface area contributed by atoms with Crippen molar-refractivity contribution in [2.24, 2.45) is 5.41 Å². The van der Waals surface area contributed by atoms with E-state index in [1.165, 1.54) is 44.9 Å². The molecular weight excluding hydrogens is 262 g/mol. The molecule has 1 nitrogen and oxygen atoms in total. The lowest BCUT2D eigenvalue weighted by Gasteiger charge is -2.58. The van der Waals surface area contributed by atoms with E-state index in [1.54, 1.807) is 4.88 Å². The van der Waals surface area contributed by atoms with Gasteiger partial charge in [-0.15, -0.1) is 11.3 Å². The van der Waals surface area contributed by atoms with Crippen LogP contribution < -0.4 is 5.32 Å². The highest BCUT2D eigenvalue weighted by Gasteiger charge is 2.55. The Labute approximate surface area is 128 Å². The number of rotatable bonds is 3. The van der Waals surface area contributed by atoms with Crippen molar-refractivity contribution >= 4 is 11.3 Å². The molecule has 1 aromatic rings. The lowest BCUT2D eigenvalue weighted by Crippen LogP contribution is -2.57. The first-order valence-electron chi connectivity index (χ1n) is 8.22. The van der Waals surface area contributed by atoms with Gasteiger partial charge in [0.2, 0.25) is 0 Å². The number of thiophene rings is 1. The fourth-order valence-corrected chi connectivity index (χ4v) is 5.37. The van der Waals surface area contributed by atoms with Crippen LogP contribution in [0.3, 0.4) is 0 Å². The Hall–Kier alpha value is -0.340. The highest BCUT2D eigenvalue weighted by atomic mass is 32.1. The summed E-state index contributed by atoms with van der Waals surface area (Å²) in [7, 11) is 0. The van der Waals surface area contributed by atoms with Crippen molar-refractivity contribution in [2.45, 2.75) is 76.7 Å². The third-order valence-electron chi connectivity index (χ3n) is 5.34. The fraction of sp³-hybridized carbons (Fsp3) is 0.778. The standard InChI is InChI=1S/C18H29NS/c1-16(2,3)19-14-18(15-8-7-11-20-15)12-17(13-18)9-5-4-6-10-17/h7-8,11,19H,4-6,9-10,12-14H2,1-3H3. The van der Waals surface area contributed by atoms with Gasteiger partial charge < -0.3 is 5.32 Å². The fourth-order valence-electron chi connectivity index (χ4n) is 4.44. The Morgan fingerprint density at radius 1 is 1.15 bits per heavy atom. The molecule has 2 fully saturated rings. The van der Waals surface area contributed by atoms with Crippen LogP contribution in [0.4, 0.5) is 0 Å². The van der Waals surface area contributed by atoms with Crippen LogP contribution in [0, 0.1) is 5.41 Å². The van der Waals surface area contributed by atoms with Crippen molar-refractivity contribution in [3.63, 3.8) is 0 Å². The van der Waals surface area contributed by atoms with E-state index in [1.807, 2.05) is 11.3 Å². The van der Waals surface area contributed by atoms with E-state index in [-0.39, 0.29) is 5.54 Å². The van der Waals surface area contributed by atoms with Crippen molar-refractivity contribution in [3.05, 3.63) is 22.4 Å². The maximum absolute atomic E-state index is 3.78. The molecule has 0 aromatic carbocycles. The lowest BCUT2D eigenvalue weighted by atomic mass is 9.48. The molecule has 0 unspecified atom stereocenters. The summed E-state index contributed by atoms with van der Waals surface area (Å²) in [6, 6.07) is 4.59. The molecule has 1 aromatic heterocycles. The molecule has 0 amide bonds. The highest BCUT2D eigenvalue weighted by molar-refractivity contribution is 7.10. The van der Waals surface area contributed by atoms with Crippen LogP contribution in [-0.2, 0) is 5.41 Å². The smallest absolute Gasteiger partial charge is 0.0182 e. The van der Waals surface area contributed by atoms with Crippen molar-refractivity contribution in [1.29, 1.82) is 0 Å². The monoisotopic (exact) mass is 291 g/mol. The second-order valence-corrected chi connectivity index (χ2v) is 9.22. The van der Waals surface area contributed by atoms with Gasteiger partial charge >= 0.3 is 0 Å². The van der Waals surface area contributed by atoms with Gasteiger partial charge in [-0.2, -0.15) is 0 Å². The highest BCUT2D eigenvalue weighted by Crippen LogP contribution is 2.62. The van der Waals surface area contributed by atoms with Crippen LogP contribution in [0.1, 0.15) is 70.6 Å².